The van der Waals surface area contributed by atoms with Crippen LogP contribution in [0.2, 0.25) is 0 Å². The Hall–Kier alpha value is -3.39. The van der Waals surface area contributed by atoms with E-state index in [0.717, 1.165) is 35.4 Å². The van der Waals surface area contributed by atoms with E-state index in [1.807, 2.05) is 49.4 Å². The number of nitrogens with zero attached hydrogens (tertiary/aromatic N) is 2. The fourth-order valence-corrected chi connectivity index (χ4v) is 3.21. The van der Waals surface area contributed by atoms with Crippen LogP contribution < -0.4 is 26.9 Å². The normalized spacial score (nSPS) is 11.4. The molecule has 156 valence electrons. The van der Waals surface area contributed by atoms with E-state index in [1.54, 1.807) is 6.07 Å². The quantitative estimate of drug-likeness (QED) is 0.415. The lowest BCUT2D eigenvalue weighted by Crippen LogP contribution is -2.29. The van der Waals surface area contributed by atoms with Crippen molar-refractivity contribution in [3.8, 4) is 0 Å². The molecule has 8 heteroatoms. The Labute approximate surface area is 180 Å². The molecule has 1 heterocycles. The molecule has 7 nitrogen and oxygen atoms in total. The van der Waals surface area contributed by atoms with Crippen LogP contribution in [-0.4, -0.2) is 24.1 Å². The molecule has 0 aliphatic rings. The van der Waals surface area contributed by atoms with Crippen LogP contribution in [0.25, 0.3) is 11.0 Å². The smallest absolute Gasteiger partial charge is 0.254 e. The highest BCUT2D eigenvalue weighted by Crippen LogP contribution is 2.22. The lowest BCUT2D eigenvalue weighted by atomic mass is 10.1. The zero-order valence-corrected chi connectivity index (χ0v) is 18.0. The molecule has 3 aromatic rings. The van der Waals surface area contributed by atoms with E-state index >= 15 is 0 Å². The highest BCUT2D eigenvalue weighted by molar-refractivity contribution is 7.80. The van der Waals surface area contributed by atoms with Crippen molar-refractivity contribution in [2.75, 3.05) is 23.3 Å². The van der Waals surface area contributed by atoms with Gasteiger partial charge in [0.05, 0.1) is 0 Å². The van der Waals surface area contributed by atoms with Crippen molar-refractivity contribution in [2.45, 2.75) is 20.8 Å². The Morgan fingerprint density at radius 3 is 2.47 bits per heavy atom. The van der Waals surface area contributed by atoms with Gasteiger partial charge in [-0.3, -0.25) is 4.79 Å². The number of amides is 1. The minimum Gasteiger partial charge on any atom is -0.436 e. The zero-order chi connectivity index (χ0) is 21.7. The summed E-state index contributed by atoms with van der Waals surface area (Å²) in [5, 5.41) is 8.23. The van der Waals surface area contributed by atoms with E-state index in [4.69, 9.17) is 22.4 Å². The van der Waals surface area contributed by atoms with E-state index in [9.17, 15) is 4.79 Å². The van der Waals surface area contributed by atoms with Gasteiger partial charge in [-0.1, -0.05) is 17.7 Å². The number of aryl methyl sites for hydroxylation is 1. The number of anilines is 2. The molecular formula is C22H25N5O2S. The maximum Gasteiger partial charge on any atom is 0.254 e. The molecule has 1 aromatic heterocycles. The first-order valence-corrected chi connectivity index (χ1v) is 10.1. The summed E-state index contributed by atoms with van der Waals surface area (Å²) in [7, 11) is 0. The average molecular weight is 424 g/mol. The Morgan fingerprint density at radius 2 is 1.83 bits per heavy atom. The van der Waals surface area contributed by atoms with E-state index in [1.165, 1.54) is 0 Å². The number of rotatable bonds is 6. The van der Waals surface area contributed by atoms with E-state index < -0.39 is 5.91 Å². The zero-order valence-electron chi connectivity index (χ0n) is 17.2. The fourth-order valence-electron chi connectivity index (χ4n) is 3.05. The monoisotopic (exact) mass is 423 g/mol. The number of carbonyl (C=O) groups is 1. The molecule has 0 saturated heterocycles. The minimum atomic E-state index is -0.633. The van der Waals surface area contributed by atoms with Gasteiger partial charge in [0.2, 0.25) is 5.55 Å². The second kappa shape index (κ2) is 9.41. The van der Waals surface area contributed by atoms with Crippen LogP contribution >= 0.6 is 12.2 Å². The third-order valence-electron chi connectivity index (χ3n) is 4.70. The predicted molar refractivity (Wildman–Crippen MR) is 124 cm³/mol. The Kier molecular flexibility index (Phi) is 6.68. The number of carbonyl (C=O) groups excluding carboxylic acids is 1. The van der Waals surface area contributed by atoms with Crippen LogP contribution in [-0.2, 0) is 0 Å². The van der Waals surface area contributed by atoms with Gasteiger partial charge in [0.1, 0.15) is 11.1 Å². The van der Waals surface area contributed by atoms with Crippen LogP contribution in [0.4, 0.5) is 11.4 Å². The van der Waals surface area contributed by atoms with Gasteiger partial charge in [-0.2, -0.15) is 0 Å². The van der Waals surface area contributed by atoms with Crippen molar-refractivity contribution in [3.05, 3.63) is 65.2 Å². The number of thiocarbonyl (C=S) groups is 1. The lowest BCUT2D eigenvalue weighted by Gasteiger charge is -2.21. The molecule has 0 radical (unpaired) electrons. The van der Waals surface area contributed by atoms with Crippen LogP contribution in [0.1, 0.15) is 29.8 Å². The number of benzene rings is 2. The number of hydrogen-bond donors (Lipinski definition) is 3. The van der Waals surface area contributed by atoms with Crippen molar-refractivity contribution in [2.24, 2.45) is 10.8 Å². The van der Waals surface area contributed by atoms with Crippen LogP contribution in [0.15, 0.2) is 58.0 Å². The summed E-state index contributed by atoms with van der Waals surface area (Å²) in [5.74, 6) is -0.633. The van der Waals surface area contributed by atoms with Crippen LogP contribution in [0.5, 0.6) is 0 Å². The summed E-state index contributed by atoms with van der Waals surface area (Å²) in [6.45, 7) is 7.94. The first kappa shape index (κ1) is 21.3. The van der Waals surface area contributed by atoms with Crippen LogP contribution in [0.3, 0.4) is 0 Å². The average Bonchev–Trinajstić information content (AvgIpc) is 2.74. The number of primary amides is 1. The summed E-state index contributed by atoms with van der Waals surface area (Å²) in [6.07, 6.45) is 0. The molecule has 0 aliphatic heterocycles. The Morgan fingerprint density at radius 1 is 1.13 bits per heavy atom. The first-order valence-electron chi connectivity index (χ1n) is 9.71. The first-order chi connectivity index (χ1) is 14.4. The molecule has 4 N–H and O–H groups in total. The Bertz CT molecular complexity index is 1130. The van der Waals surface area contributed by atoms with Crippen molar-refractivity contribution < 1.29 is 9.21 Å². The number of hydrogen-bond acceptors (Lipinski definition) is 5. The third-order valence-corrected chi connectivity index (χ3v) is 4.89. The molecule has 0 unspecified atom stereocenters. The number of nitrogens with two attached hydrogens (primary N) is 1. The summed E-state index contributed by atoms with van der Waals surface area (Å²) < 4.78 is 5.91. The summed E-state index contributed by atoms with van der Waals surface area (Å²) in [5.41, 5.74) is 12.1. The van der Waals surface area contributed by atoms with E-state index in [0.29, 0.717) is 5.58 Å². The van der Waals surface area contributed by atoms with Gasteiger partial charge < -0.3 is 20.4 Å². The molecule has 0 saturated carbocycles. The Balaban J connectivity index is 1.93. The van der Waals surface area contributed by atoms with Gasteiger partial charge >= 0.3 is 0 Å². The molecule has 0 aliphatic carbocycles. The third kappa shape index (κ3) is 4.96. The SMILES string of the molecule is CCN(CC)c1ccc2cc(C(N)=O)/c(=N\NC(=S)Nc3ccc(C)cc3)oc2c1. The highest BCUT2D eigenvalue weighted by atomic mass is 32.1. The molecule has 0 atom stereocenters. The molecule has 30 heavy (non-hydrogen) atoms. The van der Waals surface area contributed by atoms with Gasteiger partial charge in [-0.15, -0.1) is 5.10 Å². The molecule has 1 amide bonds. The minimum absolute atomic E-state index is 0.0692. The molecule has 3 rings (SSSR count). The molecule has 2 aromatic carbocycles. The maximum absolute atomic E-state index is 11.9. The summed E-state index contributed by atoms with van der Waals surface area (Å²) in [4.78, 5) is 14.1. The van der Waals surface area contributed by atoms with Gasteiger partial charge in [-0.25, -0.2) is 5.43 Å². The van der Waals surface area contributed by atoms with Crippen LogP contribution in [0, 0.1) is 6.92 Å². The topological polar surface area (TPSA) is 95.9 Å². The van der Waals surface area contributed by atoms with Crippen molar-refractivity contribution in [1.29, 1.82) is 0 Å². The second-order valence-corrected chi connectivity index (χ2v) is 7.18. The maximum atomic E-state index is 11.9. The number of nitrogens with one attached hydrogen (secondary N) is 2. The molecule has 0 spiro atoms. The standard InChI is InChI=1S/C22H25N5O2S/c1-4-27(5-2)17-11-8-15-12-18(20(23)28)21(29-19(15)13-17)25-26-22(30)24-16-9-6-14(3)7-10-16/h6-13H,4-5H2,1-3H3,(H2,23,28)(H2,24,26,30)/b25-21+. The molecule has 0 bridgehead atoms. The van der Waals surface area contributed by atoms with Crippen molar-refractivity contribution in [1.82, 2.24) is 5.43 Å². The van der Waals surface area contributed by atoms with Crippen molar-refractivity contribution >= 4 is 45.6 Å². The van der Waals surface area contributed by atoms with E-state index in [-0.39, 0.29) is 16.2 Å². The van der Waals surface area contributed by atoms with Crippen molar-refractivity contribution in [3.63, 3.8) is 0 Å². The van der Waals surface area contributed by atoms with Gasteiger partial charge in [0, 0.05) is 35.9 Å². The van der Waals surface area contributed by atoms with E-state index in [2.05, 4.69) is 34.6 Å². The second-order valence-electron chi connectivity index (χ2n) is 6.77. The lowest BCUT2D eigenvalue weighted by molar-refractivity contribution is 0.0996. The summed E-state index contributed by atoms with van der Waals surface area (Å²) in [6, 6.07) is 15.3. The van der Waals surface area contributed by atoms with Gasteiger partial charge in [-0.05, 0) is 63.3 Å². The van der Waals surface area contributed by atoms with Gasteiger partial charge in [0.15, 0.2) is 5.11 Å². The largest absolute Gasteiger partial charge is 0.436 e. The molecule has 0 fully saturated rings. The fraction of sp³-hybridized carbons (Fsp3) is 0.227. The highest BCUT2D eigenvalue weighted by Gasteiger charge is 2.11. The predicted octanol–water partition coefficient (Wildman–Crippen LogP) is 3.49. The summed E-state index contributed by atoms with van der Waals surface area (Å²) >= 11 is 5.28. The van der Waals surface area contributed by atoms with Gasteiger partial charge in [0.25, 0.3) is 5.91 Å². The molecular weight excluding hydrogens is 398 g/mol. The number of fused-ring (bicyclic) bond motifs is 1.